The van der Waals surface area contributed by atoms with Crippen molar-refractivity contribution in [3.8, 4) is 5.82 Å². The first-order chi connectivity index (χ1) is 8.29. The molecule has 3 heterocycles. The van der Waals surface area contributed by atoms with E-state index in [-0.39, 0.29) is 5.69 Å². The number of nitrogens with zero attached hydrogens (tertiary/aromatic N) is 5. The zero-order chi connectivity index (χ0) is 11.8. The predicted octanol–water partition coefficient (Wildman–Crippen LogP) is 0.514. The van der Waals surface area contributed by atoms with Gasteiger partial charge in [0.2, 0.25) is 0 Å². The molecule has 0 saturated carbocycles. The molecule has 0 N–H and O–H groups in total. The number of fused-ring (bicyclic) bond motifs is 1. The van der Waals surface area contributed by atoms with Crippen molar-refractivity contribution < 1.29 is 0 Å². The second-order valence-electron chi connectivity index (χ2n) is 3.61. The van der Waals surface area contributed by atoms with Crippen LogP contribution in [0.25, 0.3) is 16.9 Å². The van der Waals surface area contributed by atoms with E-state index >= 15 is 0 Å². The Kier molecular flexibility index (Phi) is 2.01. The molecule has 6 nitrogen and oxygen atoms in total. The van der Waals surface area contributed by atoms with Crippen molar-refractivity contribution >= 4 is 11.0 Å². The highest BCUT2D eigenvalue weighted by Crippen LogP contribution is 2.12. The van der Waals surface area contributed by atoms with Crippen LogP contribution >= 0.6 is 0 Å². The fourth-order valence-corrected chi connectivity index (χ4v) is 1.82. The molecule has 0 aromatic carbocycles. The predicted molar refractivity (Wildman–Crippen MR) is 61.9 cm³/mol. The highest BCUT2D eigenvalue weighted by atomic mass is 16.1. The number of aromatic nitrogens is 5. The minimum Gasteiger partial charge on any atom is -0.295 e. The lowest BCUT2D eigenvalue weighted by molar-refractivity contribution is 0.830. The summed E-state index contributed by atoms with van der Waals surface area (Å²) in [4.78, 5) is 24.3. The van der Waals surface area contributed by atoms with Crippen LogP contribution in [0.2, 0.25) is 0 Å². The standard InChI is InChI=1S/C11H9N5O/c1-15-8-2-3-12-6-9(8)16(11(15)17)10-7-13-4-5-14-10/h2-7H,1H3. The molecule has 17 heavy (non-hydrogen) atoms. The lowest BCUT2D eigenvalue weighted by atomic mass is 10.4. The summed E-state index contributed by atoms with van der Waals surface area (Å²) in [5.74, 6) is 0.496. The van der Waals surface area contributed by atoms with Gasteiger partial charge in [0, 0.05) is 25.6 Å². The van der Waals surface area contributed by atoms with Gasteiger partial charge in [-0.05, 0) is 6.07 Å². The number of hydrogen-bond donors (Lipinski definition) is 0. The van der Waals surface area contributed by atoms with Gasteiger partial charge >= 0.3 is 5.69 Å². The van der Waals surface area contributed by atoms with Gasteiger partial charge in [-0.3, -0.25) is 14.5 Å². The van der Waals surface area contributed by atoms with Crippen LogP contribution in [0.5, 0.6) is 0 Å². The van der Waals surface area contributed by atoms with Crippen molar-refractivity contribution in [1.82, 2.24) is 24.1 Å². The summed E-state index contributed by atoms with van der Waals surface area (Å²) in [6, 6.07) is 1.80. The topological polar surface area (TPSA) is 65.6 Å². The number of hydrogen-bond acceptors (Lipinski definition) is 4. The van der Waals surface area contributed by atoms with Crippen LogP contribution < -0.4 is 5.69 Å². The molecule has 0 unspecified atom stereocenters. The summed E-state index contributed by atoms with van der Waals surface area (Å²) in [7, 11) is 1.72. The normalized spacial score (nSPS) is 10.9. The Morgan fingerprint density at radius 1 is 1.06 bits per heavy atom. The van der Waals surface area contributed by atoms with Gasteiger partial charge in [-0.1, -0.05) is 0 Å². The smallest absolute Gasteiger partial charge is 0.295 e. The van der Waals surface area contributed by atoms with E-state index in [1.165, 1.54) is 4.57 Å². The summed E-state index contributed by atoms with van der Waals surface area (Å²) in [5, 5.41) is 0. The van der Waals surface area contributed by atoms with E-state index in [0.717, 1.165) is 11.0 Å². The van der Waals surface area contributed by atoms with Crippen LogP contribution in [0, 0.1) is 0 Å². The number of imidazole rings is 1. The molecule has 3 aromatic rings. The van der Waals surface area contributed by atoms with Crippen molar-refractivity contribution in [2.75, 3.05) is 0 Å². The highest BCUT2D eigenvalue weighted by molar-refractivity contribution is 5.76. The Labute approximate surface area is 96.2 Å². The summed E-state index contributed by atoms with van der Waals surface area (Å²) in [6.45, 7) is 0. The molecule has 0 atom stereocenters. The first-order valence-corrected chi connectivity index (χ1v) is 5.07. The Balaban J connectivity index is 2.45. The average molecular weight is 227 g/mol. The van der Waals surface area contributed by atoms with Gasteiger partial charge in [-0.2, -0.15) is 0 Å². The van der Waals surface area contributed by atoms with Crippen molar-refractivity contribution in [3.05, 3.63) is 47.5 Å². The SMILES string of the molecule is Cn1c(=O)n(-c2cnccn2)c2cnccc21. The maximum absolute atomic E-state index is 12.1. The molecule has 3 rings (SSSR count). The number of aryl methyl sites for hydroxylation is 1. The maximum Gasteiger partial charge on any atom is 0.334 e. The molecule has 0 fully saturated rings. The second kappa shape index (κ2) is 3.51. The Morgan fingerprint density at radius 3 is 2.65 bits per heavy atom. The maximum atomic E-state index is 12.1. The van der Waals surface area contributed by atoms with E-state index in [2.05, 4.69) is 15.0 Å². The lowest BCUT2D eigenvalue weighted by Gasteiger charge is -1.99. The minimum atomic E-state index is -0.159. The van der Waals surface area contributed by atoms with Crippen LogP contribution in [0.1, 0.15) is 0 Å². The van der Waals surface area contributed by atoms with Crippen molar-refractivity contribution in [1.29, 1.82) is 0 Å². The molecule has 0 saturated heterocycles. The Hall–Kier alpha value is -2.50. The van der Waals surface area contributed by atoms with Gasteiger partial charge in [0.1, 0.15) is 0 Å². The largest absolute Gasteiger partial charge is 0.334 e. The Bertz CT molecular complexity index is 728. The molecule has 0 amide bonds. The zero-order valence-corrected chi connectivity index (χ0v) is 9.11. The molecule has 0 aliphatic rings. The Morgan fingerprint density at radius 2 is 1.88 bits per heavy atom. The van der Waals surface area contributed by atoms with Gasteiger partial charge in [-0.25, -0.2) is 14.3 Å². The van der Waals surface area contributed by atoms with Gasteiger partial charge in [0.15, 0.2) is 5.82 Å². The van der Waals surface area contributed by atoms with Gasteiger partial charge in [0.25, 0.3) is 0 Å². The third kappa shape index (κ3) is 1.34. The van der Waals surface area contributed by atoms with E-state index in [4.69, 9.17) is 0 Å². The van der Waals surface area contributed by atoms with Gasteiger partial charge < -0.3 is 0 Å². The van der Waals surface area contributed by atoms with Crippen LogP contribution in [0.15, 0.2) is 41.8 Å². The van der Waals surface area contributed by atoms with Crippen molar-refractivity contribution in [2.45, 2.75) is 0 Å². The average Bonchev–Trinajstić information content (AvgIpc) is 2.64. The third-order valence-electron chi connectivity index (χ3n) is 2.64. The van der Waals surface area contributed by atoms with Gasteiger partial charge in [0.05, 0.1) is 23.4 Å². The van der Waals surface area contributed by atoms with E-state index in [1.54, 1.807) is 48.7 Å². The van der Waals surface area contributed by atoms with Crippen LogP contribution in [0.3, 0.4) is 0 Å². The first-order valence-electron chi connectivity index (χ1n) is 5.07. The molecule has 0 aliphatic heterocycles. The minimum absolute atomic E-state index is 0.159. The molecule has 3 aromatic heterocycles. The van der Waals surface area contributed by atoms with Crippen molar-refractivity contribution in [3.63, 3.8) is 0 Å². The number of pyridine rings is 1. The molecule has 0 aliphatic carbocycles. The first kappa shape index (κ1) is 9.71. The summed E-state index contributed by atoms with van der Waals surface area (Å²) in [6.07, 6.45) is 7.97. The van der Waals surface area contributed by atoms with Crippen LogP contribution in [-0.4, -0.2) is 24.1 Å². The summed E-state index contributed by atoms with van der Waals surface area (Å²) >= 11 is 0. The third-order valence-corrected chi connectivity index (χ3v) is 2.64. The zero-order valence-electron chi connectivity index (χ0n) is 9.11. The lowest BCUT2D eigenvalue weighted by Crippen LogP contribution is -2.21. The molecular weight excluding hydrogens is 218 g/mol. The molecular formula is C11H9N5O. The summed E-state index contributed by atoms with van der Waals surface area (Å²) in [5.41, 5.74) is 1.38. The summed E-state index contributed by atoms with van der Waals surface area (Å²) < 4.78 is 3.06. The van der Waals surface area contributed by atoms with E-state index in [1.807, 2.05) is 0 Å². The van der Waals surface area contributed by atoms with E-state index in [0.29, 0.717) is 5.82 Å². The molecule has 0 bridgehead atoms. The van der Waals surface area contributed by atoms with Gasteiger partial charge in [-0.15, -0.1) is 0 Å². The monoisotopic (exact) mass is 227 g/mol. The molecule has 0 radical (unpaired) electrons. The second-order valence-corrected chi connectivity index (χ2v) is 3.61. The quantitative estimate of drug-likeness (QED) is 0.607. The molecule has 6 heteroatoms. The highest BCUT2D eigenvalue weighted by Gasteiger charge is 2.12. The molecule has 84 valence electrons. The fraction of sp³-hybridized carbons (Fsp3) is 0.0909. The van der Waals surface area contributed by atoms with Crippen LogP contribution in [-0.2, 0) is 7.05 Å². The molecule has 0 spiro atoms. The van der Waals surface area contributed by atoms with E-state index < -0.39 is 0 Å². The van der Waals surface area contributed by atoms with E-state index in [9.17, 15) is 4.79 Å². The fourth-order valence-electron chi connectivity index (χ4n) is 1.82. The van der Waals surface area contributed by atoms with Crippen molar-refractivity contribution in [2.24, 2.45) is 7.05 Å². The number of rotatable bonds is 1. The van der Waals surface area contributed by atoms with Crippen LogP contribution in [0.4, 0.5) is 0 Å².